The Labute approximate surface area is 101 Å². The Balaban J connectivity index is 2.33. The Morgan fingerprint density at radius 1 is 1.21 bits per heavy atom. The van der Waals surface area contributed by atoms with E-state index in [0.717, 1.165) is 3.79 Å². The quantitative estimate of drug-likeness (QED) is 0.773. The van der Waals surface area contributed by atoms with E-state index in [4.69, 9.17) is 4.42 Å². The predicted octanol–water partition coefficient (Wildman–Crippen LogP) is 4.10. The van der Waals surface area contributed by atoms with Crippen molar-refractivity contribution < 1.29 is 9.21 Å². The largest absolute Gasteiger partial charge is 0.446 e. The Bertz CT molecular complexity index is 430. The van der Waals surface area contributed by atoms with Gasteiger partial charge >= 0.3 is 0 Å². The van der Waals surface area contributed by atoms with Crippen LogP contribution < -0.4 is 0 Å². The van der Waals surface area contributed by atoms with Gasteiger partial charge in [0, 0.05) is 0 Å². The highest BCUT2D eigenvalue weighted by atomic mass is 79.9. The Kier molecular flexibility index (Phi) is 2.90. The van der Waals surface area contributed by atoms with Crippen molar-refractivity contribution in [1.82, 2.24) is 0 Å². The molecule has 2 rings (SSSR count). The third-order valence-electron chi connectivity index (χ3n) is 1.59. The second kappa shape index (κ2) is 4.00. The van der Waals surface area contributed by atoms with Crippen molar-refractivity contribution in [2.45, 2.75) is 0 Å². The summed E-state index contributed by atoms with van der Waals surface area (Å²) >= 11 is 7.85. The van der Waals surface area contributed by atoms with Crippen molar-refractivity contribution in [2.75, 3.05) is 0 Å². The molecular weight excluding hydrogens is 332 g/mol. The van der Waals surface area contributed by atoms with Crippen LogP contribution in [0.4, 0.5) is 0 Å². The molecule has 2 aromatic rings. The van der Waals surface area contributed by atoms with E-state index in [-0.39, 0.29) is 5.78 Å². The van der Waals surface area contributed by atoms with E-state index in [0.29, 0.717) is 15.3 Å². The number of ketones is 1. The first-order valence-electron chi connectivity index (χ1n) is 3.72. The van der Waals surface area contributed by atoms with E-state index in [9.17, 15) is 4.79 Å². The van der Waals surface area contributed by atoms with Crippen LogP contribution >= 0.6 is 43.2 Å². The van der Waals surface area contributed by atoms with Gasteiger partial charge in [0.15, 0.2) is 10.4 Å². The fourth-order valence-corrected chi connectivity index (χ4v) is 2.63. The molecular formula is C9H4Br2O2S. The van der Waals surface area contributed by atoms with Gasteiger partial charge in [0.2, 0.25) is 5.78 Å². The maximum absolute atomic E-state index is 11.7. The van der Waals surface area contributed by atoms with Crippen LogP contribution in [0.3, 0.4) is 0 Å². The highest BCUT2D eigenvalue weighted by molar-refractivity contribution is 9.11. The maximum atomic E-state index is 11.7. The van der Waals surface area contributed by atoms with Crippen LogP contribution in [0.1, 0.15) is 15.4 Å². The number of carbonyl (C=O) groups excluding carboxylic acids is 1. The van der Waals surface area contributed by atoms with Gasteiger partial charge in [0.1, 0.15) is 0 Å². The average molecular weight is 336 g/mol. The van der Waals surface area contributed by atoms with E-state index in [1.807, 2.05) is 6.07 Å². The van der Waals surface area contributed by atoms with Crippen molar-refractivity contribution in [2.24, 2.45) is 0 Å². The first kappa shape index (κ1) is 10.1. The molecule has 2 nitrogen and oxygen atoms in total. The number of rotatable bonds is 2. The highest BCUT2D eigenvalue weighted by Crippen LogP contribution is 2.25. The standard InChI is InChI=1S/C9H4Br2O2S/c10-7-3-1-5(13-7)9(12)6-2-4-8(11)14-6/h1-4H. The van der Waals surface area contributed by atoms with Gasteiger partial charge in [-0.2, -0.15) is 0 Å². The minimum atomic E-state index is -0.0913. The maximum Gasteiger partial charge on any atom is 0.238 e. The van der Waals surface area contributed by atoms with Gasteiger partial charge in [0.05, 0.1) is 8.66 Å². The van der Waals surface area contributed by atoms with Gasteiger partial charge in [0.25, 0.3) is 0 Å². The van der Waals surface area contributed by atoms with Crippen LogP contribution in [0.15, 0.2) is 37.1 Å². The molecule has 0 aromatic carbocycles. The summed E-state index contributed by atoms with van der Waals surface area (Å²) in [5.74, 6) is 0.262. The topological polar surface area (TPSA) is 30.2 Å². The lowest BCUT2D eigenvalue weighted by molar-refractivity contribution is 0.101. The number of thiophene rings is 1. The van der Waals surface area contributed by atoms with Gasteiger partial charge in [-0.15, -0.1) is 11.3 Å². The minimum Gasteiger partial charge on any atom is -0.446 e. The number of furan rings is 1. The molecule has 0 saturated heterocycles. The lowest BCUT2D eigenvalue weighted by Gasteiger charge is -1.90. The summed E-state index contributed by atoms with van der Waals surface area (Å²) in [6.07, 6.45) is 0. The molecule has 2 heterocycles. The zero-order valence-electron chi connectivity index (χ0n) is 6.79. The first-order chi connectivity index (χ1) is 6.66. The molecule has 0 N–H and O–H groups in total. The van der Waals surface area contributed by atoms with Crippen molar-refractivity contribution in [3.63, 3.8) is 0 Å². The van der Waals surface area contributed by atoms with Gasteiger partial charge in [-0.25, -0.2) is 0 Å². The number of halogens is 2. The summed E-state index contributed by atoms with van der Waals surface area (Å²) in [4.78, 5) is 12.4. The van der Waals surface area contributed by atoms with Crippen molar-refractivity contribution in [3.05, 3.63) is 43.4 Å². The second-order valence-electron chi connectivity index (χ2n) is 2.54. The molecule has 0 radical (unpaired) electrons. The smallest absolute Gasteiger partial charge is 0.238 e. The zero-order valence-corrected chi connectivity index (χ0v) is 10.8. The van der Waals surface area contributed by atoms with Crippen LogP contribution in [0.25, 0.3) is 0 Å². The SMILES string of the molecule is O=C(c1ccc(Br)o1)c1ccc(Br)s1. The summed E-state index contributed by atoms with van der Waals surface area (Å²) in [5, 5.41) is 0. The normalized spacial score (nSPS) is 10.4. The molecule has 0 unspecified atom stereocenters. The van der Waals surface area contributed by atoms with Crippen LogP contribution in [-0.2, 0) is 0 Å². The molecule has 0 amide bonds. The van der Waals surface area contributed by atoms with Crippen molar-refractivity contribution in [3.8, 4) is 0 Å². The summed E-state index contributed by atoms with van der Waals surface area (Å²) in [5.41, 5.74) is 0. The Morgan fingerprint density at radius 2 is 2.00 bits per heavy atom. The van der Waals surface area contributed by atoms with Crippen LogP contribution in [0.5, 0.6) is 0 Å². The van der Waals surface area contributed by atoms with Gasteiger partial charge in [-0.1, -0.05) is 0 Å². The molecule has 0 fully saturated rings. The molecule has 5 heteroatoms. The van der Waals surface area contributed by atoms with Gasteiger partial charge < -0.3 is 4.42 Å². The molecule has 0 aliphatic rings. The van der Waals surface area contributed by atoms with Crippen LogP contribution in [0.2, 0.25) is 0 Å². The summed E-state index contributed by atoms with van der Waals surface area (Å²) in [6.45, 7) is 0. The van der Waals surface area contributed by atoms with Gasteiger partial charge in [-0.05, 0) is 56.1 Å². The molecule has 0 spiro atoms. The van der Waals surface area contributed by atoms with Crippen molar-refractivity contribution in [1.29, 1.82) is 0 Å². The van der Waals surface area contributed by atoms with E-state index in [1.165, 1.54) is 11.3 Å². The van der Waals surface area contributed by atoms with E-state index in [1.54, 1.807) is 18.2 Å². The zero-order chi connectivity index (χ0) is 10.1. The molecule has 2 aromatic heterocycles. The van der Waals surface area contributed by atoms with Gasteiger partial charge in [-0.3, -0.25) is 4.79 Å². The third-order valence-corrected chi connectivity index (χ3v) is 3.64. The average Bonchev–Trinajstić information content (AvgIpc) is 2.73. The lowest BCUT2D eigenvalue weighted by atomic mass is 10.2. The molecule has 0 bridgehead atoms. The molecule has 14 heavy (non-hydrogen) atoms. The monoisotopic (exact) mass is 334 g/mol. The summed E-state index contributed by atoms with van der Waals surface area (Å²) in [6, 6.07) is 6.97. The third kappa shape index (κ3) is 1.99. The molecule has 0 atom stereocenters. The number of carbonyl (C=O) groups is 1. The Morgan fingerprint density at radius 3 is 2.50 bits per heavy atom. The summed E-state index contributed by atoms with van der Waals surface area (Å²) < 4.78 is 6.67. The second-order valence-corrected chi connectivity index (χ2v) is 5.78. The Hall–Kier alpha value is -0.390. The highest BCUT2D eigenvalue weighted by Gasteiger charge is 2.14. The number of hydrogen-bond acceptors (Lipinski definition) is 3. The molecule has 0 aliphatic carbocycles. The van der Waals surface area contributed by atoms with E-state index in [2.05, 4.69) is 31.9 Å². The van der Waals surface area contributed by atoms with E-state index >= 15 is 0 Å². The first-order valence-corrected chi connectivity index (χ1v) is 6.12. The lowest BCUT2D eigenvalue weighted by Crippen LogP contribution is -1.95. The molecule has 72 valence electrons. The predicted molar refractivity (Wildman–Crippen MR) is 61.9 cm³/mol. The molecule has 0 aliphatic heterocycles. The minimum absolute atomic E-state index is 0.0913. The van der Waals surface area contributed by atoms with E-state index < -0.39 is 0 Å². The molecule has 0 saturated carbocycles. The van der Waals surface area contributed by atoms with Crippen LogP contribution in [-0.4, -0.2) is 5.78 Å². The van der Waals surface area contributed by atoms with Crippen molar-refractivity contribution >= 4 is 49.0 Å². The van der Waals surface area contributed by atoms with Crippen LogP contribution in [0, 0.1) is 0 Å². The summed E-state index contributed by atoms with van der Waals surface area (Å²) in [7, 11) is 0. The fraction of sp³-hybridized carbons (Fsp3) is 0. The number of hydrogen-bond donors (Lipinski definition) is 0. The fourth-order valence-electron chi connectivity index (χ4n) is 0.994.